The number of aromatic nitrogens is 2. The number of ether oxygens (including phenoxy) is 3. The SMILES string of the molecule is COc1cc2c(cc1OCCCCC(C)Oc1ccc3nc(C)n(-c4ccc(Cl)cc4Cl)c(=O)c3c1)N=C[C@@H]1CCCN1C2=O. The van der Waals surface area contributed by atoms with Crippen LogP contribution < -0.4 is 19.8 Å². The summed E-state index contributed by atoms with van der Waals surface area (Å²) in [6, 6.07) is 13.9. The number of hydrogen-bond acceptors (Lipinski definition) is 7. The second kappa shape index (κ2) is 13.1. The first-order chi connectivity index (χ1) is 21.7. The van der Waals surface area contributed by atoms with Gasteiger partial charge in [-0.2, -0.15) is 0 Å². The lowest BCUT2D eigenvalue weighted by atomic mass is 10.1. The molecule has 234 valence electrons. The Morgan fingerprint density at radius 1 is 1.04 bits per heavy atom. The molecule has 9 nitrogen and oxygen atoms in total. The van der Waals surface area contributed by atoms with Crippen molar-refractivity contribution in [2.45, 2.75) is 58.1 Å². The Balaban J connectivity index is 1.07. The van der Waals surface area contributed by atoms with Crippen LogP contribution in [0, 0.1) is 6.92 Å². The number of halogens is 2. The summed E-state index contributed by atoms with van der Waals surface area (Å²) in [5.41, 5.74) is 2.01. The van der Waals surface area contributed by atoms with E-state index in [0.29, 0.717) is 67.6 Å². The number of methoxy groups -OCH3 is 1. The molecular weight excluding hydrogens is 615 g/mol. The van der Waals surface area contributed by atoms with Crippen molar-refractivity contribution >= 4 is 51.9 Å². The fraction of sp³-hybridized carbons (Fsp3) is 0.353. The average Bonchev–Trinajstić information content (AvgIpc) is 3.45. The van der Waals surface area contributed by atoms with Gasteiger partial charge in [-0.1, -0.05) is 23.2 Å². The Kier molecular flexibility index (Phi) is 9.01. The zero-order chi connectivity index (χ0) is 31.7. The van der Waals surface area contributed by atoms with Gasteiger partial charge in [0.2, 0.25) is 0 Å². The molecule has 2 atom stereocenters. The van der Waals surface area contributed by atoms with Crippen molar-refractivity contribution in [3.63, 3.8) is 0 Å². The molecule has 1 aromatic heterocycles. The topological polar surface area (TPSA) is 95.2 Å². The minimum atomic E-state index is -0.236. The molecule has 3 heterocycles. The lowest BCUT2D eigenvalue weighted by Crippen LogP contribution is -2.35. The Hall–Kier alpha value is -4.08. The van der Waals surface area contributed by atoms with Crippen LogP contribution in [0.2, 0.25) is 10.0 Å². The predicted molar refractivity (Wildman–Crippen MR) is 177 cm³/mol. The van der Waals surface area contributed by atoms with E-state index >= 15 is 0 Å². The molecule has 1 amide bonds. The average molecular weight is 650 g/mol. The molecule has 2 aliphatic rings. The van der Waals surface area contributed by atoms with Crippen molar-refractivity contribution in [2.75, 3.05) is 20.3 Å². The van der Waals surface area contributed by atoms with Gasteiger partial charge in [0, 0.05) is 23.8 Å². The number of carbonyl (C=O) groups is 1. The summed E-state index contributed by atoms with van der Waals surface area (Å²) in [6.45, 7) is 4.99. The predicted octanol–water partition coefficient (Wildman–Crippen LogP) is 7.35. The molecule has 0 aliphatic carbocycles. The highest BCUT2D eigenvalue weighted by Gasteiger charge is 2.32. The third-order valence-corrected chi connectivity index (χ3v) is 8.75. The molecule has 1 saturated heterocycles. The molecular formula is C34H34Cl2N4O5. The Labute approximate surface area is 271 Å². The van der Waals surface area contributed by atoms with Gasteiger partial charge < -0.3 is 19.1 Å². The molecule has 0 radical (unpaired) electrons. The van der Waals surface area contributed by atoms with Crippen LogP contribution in [0.25, 0.3) is 16.6 Å². The zero-order valence-corrected chi connectivity index (χ0v) is 26.9. The van der Waals surface area contributed by atoms with Crippen LogP contribution in [0.3, 0.4) is 0 Å². The van der Waals surface area contributed by atoms with Crippen molar-refractivity contribution in [2.24, 2.45) is 4.99 Å². The third-order valence-electron chi connectivity index (χ3n) is 8.22. The van der Waals surface area contributed by atoms with Gasteiger partial charge in [0.05, 0.1) is 58.7 Å². The van der Waals surface area contributed by atoms with Crippen LogP contribution in [0.5, 0.6) is 17.2 Å². The molecule has 0 bridgehead atoms. The minimum absolute atomic E-state index is 0.0155. The van der Waals surface area contributed by atoms with Crippen LogP contribution in [0.15, 0.2) is 58.3 Å². The number of aliphatic imine (C=N–C) groups is 1. The molecule has 11 heteroatoms. The molecule has 0 saturated carbocycles. The molecule has 3 aromatic carbocycles. The molecule has 6 rings (SSSR count). The second-order valence-electron chi connectivity index (χ2n) is 11.4. The molecule has 0 N–H and O–H groups in total. The van der Waals surface area contributed by atoms with Crippen molar-refractivity contribution in [1.82, 2.24) is 14.5 Å². The van der Waals surface area contributed by atoms with Crippen molar-refractivity contribution < 1.29 is 19.0 Å². The van der Waals surface area contributed by atoms with E-state index in [-0.39, 0.29) is 23.6 Å². The van der Waals surface area contributed by atoms with E-state index in [9.17, 15) is 9.59 Å². The summed E-state index contributed by atoms with van der Waals surface area (Å²) in [7, 11) is 1.57. The van der Waals surface area contributed by atoms with Gasteiger partial charge in [-0.25, -0.2) is 4.98 Å². The number of rotatable bonds is 10. The first kappa shape index (κ1) is 30.9. The minimum Gasteiger partial charge on any atom is -0.493 e. The fourth-order valence-electron chi connectivity index (χ4n) is 5.92. The lowest BCUT2D eigenvalue weighted by Gasteiger charge is -2.20. The highest BCUT2D eigenvalue weighted by atomic mass is 35.5. The lowest BCUT2D eigenvalue weighted by molar-refractivity contribution is 0.0774. The highest BCUT2D eigenvalue weighted by molar-refractivity contribution is 6.35. The smallest absolute Gasteiger partial charge is 0.266 e. The summed E-state index contributed by atoms with van der Waals surface area (Å²) in [5, 5.41) is 1.29. The number of aryl methyl sites for hydroxylation is 1. The maximum atomic E-state index is 13.5. The molecule has 1 fully saturated rings. The van der Waals surface area contributed by atoms with E-state index in [2.05, 4.69) is 9.98 Å². The van der Waals surface area contributed by atoms with E-state index in [4.69, 9.17) is 37.4 Å². The van der Waals surface area contributed by atoms with E-state index in [1.807, 2.05) is 24.1 Å². The van der Waals surface area contributed by atoms with Crippen molar-refractivity contribution in [3.8, 4) is 22.9 Å². The van der Waals surface area contributed by atoms with Gasteiger partial charge in [-0.3, -0.25) is 19.1 Å². The molecule has 4 aromatic rings. The Morgan fingerprint density at radius 2 is 1.89 bits per heavy atom. The van der Waals surface area contributed by atoms with E-state index in [1.54, 1.807) is 56.5 Å². The van der Waals surface area contributed by atoms with E-state index in [1.165, 1.54) is 4.57 Å². The molecule has 1 unspecified atom stereocenters. The summed E-state index contributed by atoms with van der Waals surface area (Å²) >= 11 is 12.5. The Morgan fingerprint density at radius 3 is 2.69 bits per heavy atom. The fourth-order valence-corrected chi connectivity index (χ4v) is 6.42. The maximum absolute atomic E-state index is 13.5. The van der Waals surface area contributed by atoms with Crippen LogP contribution in [-0.4, -0.2) is 59.0 Å². The summed E-state index contributed by atoms with van der Waals surface area (Å²) in [4.78, 5) is 37.7. The summed E-state index contributed by atoms with van der Waals surface area (Å²) in [6.07, 6.45) is 6.13. The second-order valence-corrected chi connectivity index (χ2v) is 12.2. The van der Waals surface area contributed by atoms with E-state index in [0.717, 1.165) is 38.6 Å². The maximum Gasteiger partial charge on any atom is 0.266 e. The van der Waals surface area contributed by atoms with Crippen LogP contribution in [0.4, 0.5) is 5.69 Å². The number of unbranched alkanes of at least 4 members (excludes halogenated alkanes) is 1. The van der Waals surface area contributed by atoms with Gasteiger partial charge in [-0.15, -0.1) is 0 Å². The monoisotopic (exact) mass is 648 g/mol. The molecule has 2 aliphatic heterocycles. The number of amides is 1. The van der Waals surface area contributed by atoms with Crippen molar-refractivity contribution in [1.29, 1.82) is 0 Å². The first-order valence-electron chi connectivity index (χ1n) is 15.1. The van der Waals surface area contributed by atoms with Crippen LogP contribution in [0.1, 0.15) is 55.2 Å². The van der Waals surface area contributed by atoms with E-state index < -0.39 is 0 Å². The summed E-state index contributed by atoms with van der Waals surface area (Å²) < 4.78 is 19.3. The standard InChI is InChI=1S/C34H34Cl2N4O5/c1-20(45-24-10-11-28-25(16-24)34(42)40(21(2)38-28)30-12-9-22(35)15-27(30)36)7-4-5-14-44-32-18-29-26(17-31(32)43-3)33(41)39-13-6-8-23(39)19-37-29/h9-12,15-20,23H,4-8,13-14H2,1-3H3/t20?,23-/m0/s1. The van der Waals surface area contributed by atoms with Crippen LogP contribution >= 0.6 is 23.2 Å². The van der Waals surface area contributed by atoms with Gasteiger partial charge in [0.25, 0.3) is 11.5 Å². The van der Waals surface area contributed by atoms with Gasteiger partial charge in [0.15, 0.2) is 11.5 Å². The number of fused-ring (bicyclic) bond motifs is 3. The number of hydrogen-bond donors (Lipinski definition) is 0. The normalized spacial score (nSPS) is 16.3. The Bertz CT molecular complexity index is 1860. The van der Waals surface area contributed by atoms with Crippen molar-refractivity contribution in [3.05, 3.63) is 80.3 Å². The number of benzene rings is 3. The third kappa shape index (κ3) is 6.37. The molecule has 45 heavy (non-hydrogen) atoms. The van der Waals surface area contributed by atoms with Crippen LogP contribution in [-0.2, 0) is 0 Å². The summed E-state index contributed by atoms with van der Waals surface area (Å²) in [5.74, 6) is 2.18. The van der Waals surface area contributed by atoms with Gasteiger partial charge in [0.1, 0.15) is 11.6 Å². The first-order valence-corrected chi connectivity index (χ1v) is 15.8. The molecule has 0 spiro atoms. The quantitative estimate of drug-likeness (QED) is 0.167. The number of carbonyl (C=O) groups excluding carboxylic acids is 1. The number of nitrogens with zero attached hydrogens (tertiary/aromatic N) is 4. The van der Waals surface area contributed by atoms with Gasteiger partial charge >= 0.3 is 0 Å². The van der Waals surface area contributed by atoms with Gasteiger partial charge in [-0.05, 0) is 88.4 Å². The largest absolute Gasteiger partial charge is 0.493 e. The highest BCUT2D eigenvalue weighted by Crippen LogP contribution is 2.38. The zero-order valence-electron chi connectivity index (χ0n) is 25.4.